The fraction of sp³-hybridized carbons (Fsp3) is 0.533. The second-order valence-corrected chi connectivity index (χ2v) is 8.21. The molecule has 0 heterocycles. The number of hydrogen-bond donors (Lipinski definition) is 2. The summed E-state index contributed by atoms with van der Waals surface area (Å²) in [7, 11) is -3.36. The van der Waals surface area contributed by atoms with Crippen molar-refractivity contribution in [3.05, 3.63) is 29.8 Å². The number of rotatable bonds is 5. The van der Waals surface area contributed by atoms with Gasteiger partial charge in [-0.15, -0.1) is 0 Å². The first-order valence-electron chi connectivity index (χ1n) is 6.97. The Labute approximate surface area is 135 Å². The van der Waals surface area contributed by atoms with Crippen molar-refractivity contribution in [2.45, 2.75) is 43.4 Å². The molecule has 6 nitrogen and oxygen atoms in total. The Bertz CT molecular complexity index is 637. The maximum absolute atomic E-state index is 13.1. The van der Waals surface area contributed by atoms with Gasteiger partial charge in [-0.05, 0) is 38.5 Å². The number of alkyl carbamates (subject to hydrolysis) is 1. The van der Waals surface area contributed by atoms with E-state index in [0.717, 1.165) is 6.26 Å². The predicted octanol–water partition coefficient (Wildman–Crippen LogP) is 1.99. The molecular weight excluding hydrogens is 325 g/mol. The predicted molar refractivity (Wildman–Crippen MR) is 83.6 cm³/mol. The van der Waals surface area contributed by atoms with E-state index in [4.69, 9.17) is 4.74 Å². The largest absolute Gasteiger partial charge is 0.444 e. The molecule has 1 amide bonds. The fourth-order valence-electron chi connectivity index (χ4n) is 1.81. The molecule has 0 aliphatic carbocycles. The number of ether oxygens (including phenoxy) is 1. The van der Waals surface area contributed by atoms with Crippen molar-refractivity contribution in [2.75, 3.05) is 12.9 Å². The fourth-order valence-corrected chi connectivity index (χ4v) is 2.44. The summed E-state index contributed by atoms with van der Waals surface area (Å²) in [6.07, 6.45) is -1.11. The van der Waals surface area contributed by atoms with Crippen LogP contribution in [0.25, 0.3) is 0 Å². The first kappa shape index (κ1) is 19.4. The van der Waals surface area contributed by atoms with Gasteiger partial charge in [-0.1, -0.05) is 12.1 Å². The highest BCUT2D eigenvalue weighted by Crippen LogP contribution is 2.20. The van der Waals surface area contributed by atoms with E-state index in [1.165, 1.54) is 24.3 Å². The van der Waals surface area contributed by atoms with Crippen molar-refractivity contribution in [1.82, 2.24) is 5.32 Å². The number of carbonyl (C=O) groups excluding carboxylic acids is 1. The molecule has 0 spiro atoms. The third-order valence-electron chi connectivity index (χ3n) is 2.90. The van der Waals surface area contributed by atoms with Crippen LogP contribution in [0.4, 0.5) is 9.18 Å². The number of benzene rings is 1. The molecule has 1 aromatic rings. The summed E-state index contributed by atoms with van der Waals surface area (Å²) in [6, 6.07) is 4.18. The third-order valence-corrected chi connectivity index (χ3v) is 4.03. The molecule has 130 valence electrons. The van der Waals surface area contributed by atoms with Gasteiger partial charge < -0.3 is 15.2 Å². The van der Waals surface area contributed by atoms with E-state index in [0.29, 0.717) is 0 Å². The summed E-state index contributed by atoms with van der Waals surface area (Å²) in [4.78, 5) is 11.7. The van der Waals surface area contributed by atoms with Gasteiger partial charge in [0.15, 0.2) is 9.84 Å². The Balaban J connectivity index is 2.84. The molecule has 2 unspecified atom stereocenters. The van der Waals surface area contributed by atoms with Crippen molar-refractivity contribution in [2.24, 2.45) is 0 Å². The highest BCUT2D eigenvalue weighted by molar-refractivity contribution is 7.90. The van der Waals surface area contributed by atoms with Gasteiger partial charge >= 0.3 is 6.09 Å². The number of sulfone groups is 1. The number of halogens is 1. The quantitative estimate of drug-likeness (QED) is 0.850. The van der Waals surface area contributed by atoms with Crippen molar-refractivity contribution < 1.29 is 27.4 Å². The lowest BCUT2D eigenvalue weighted by molar-refractivity contribution is 0.0396. The molecular formula is C15H22FNO5S. The standard InChI is InChI=1S/C15H22FNO5S/c1-15(2,3)22-14(19)17-12(9-16)13(18)10-5-7-11(8-6-10)23(4,20)21/h5-8,12-13,18H,9H2,1-4H3,(H,17,19). The second kappa shape index (κ2) is 7.27. The van der Waals surface area contributed by atoms with Crippen molar-refractivity contribution in [3.8, 4) is 0 Å². The Kier molecular flexibility index (Phi) is 6.12. The highest BCUT2D eigenvalue weighted by atomic mass is 32.2. The Morgan fingerprint density at radius 2 is 1.83 bits per heavy atom. The van der Waals surface area contributed by atoms with Crippen LogP contribution in [0.5, 0.6) is 0 Å². The number of aliphatic hydroxyl groups excluding tert-OH is 1. The van der Waals surface area contributed by atoms with Gasteiger partial charge in [0.25, 0.3) is 0 Å². The lowest BCUT2D eigenvalue weighted by Crippen LogP contribution is -2.43. The monoisotopic (exact) mass is 347 g/mol. The molecule has 0 saturated carbocycles. The molecule has 1 aromatic carbocycles. The molecule has 8 heteroatoms. The second-order valence-electron chi connectivity index (χ2n) is 6.19. The van der Waals surface area contributed by atoms with Crippen molar-refractivity contribution >= 4 is 15.9 Å². The normalized spacial score (nSPS) is 14.9. The van der Waals surface area contributed by atoms with Gasteiger partial charge in [-0.25, -0.2) is 17.6 Å². The molecule has 2 atom stereocenters. The van der Waals surface area contributed by atoms with E-state index in [9.17, 15) is 22.7 Å². The summed E-state index contributed by atoms with van der Waals surface area (Å²) in [5.74, 6) is 0. The molecule has 0 fully saturated rings. The Morgan fingerprint density at radius 1 is 1.30 bits per heavy atom. The average molecular weight is 347 g/mol. The molecule has 0 saturated heterocycles. The summed E-state index contributed by atoms with van der Waals surface area (Å²) in [5.41, 5.74) is -0.455. The molecule has 23 heavy (non-hydrogen) atoms. The molecule has 0 radical (unpaired) electrons. The van der Waals surface area contributed by atoms with E-state index in [-0.39, 0.29) is 10.5 Å². The first-order valence-corrected chi connectivity index (χ1v) is 8.87. The summed E-state index contributed by atoms with van der Waals surface area (Å²) in [5, 5.41) is 12.4. The number of hydrogen-bond acceptors (Lipinski definition) is 5. The van der Waals surface area contributed by atoms with Crippen LogP contribution >= 0.6 is 0 Å². The lowest BCUT2D eigenvalue weighted by Gasteiger charge is -2.25. The molecule has 0 bridgehead atoms. The van der Waals surface area contributed by atoms with E-state index >= 15 is 0 Å². The van der Waals surface area contributed by atoms with Gasteiger partial charge in [0.05, 0.1) is 10.9 Å². The minimum atomic E-state index is -3.36. The Morgan fingerprint density at radius 3 is 2.22 bits per heavy atom. The minimum absolute atomic E-state index is 0.0883. The van der Waals surface area contributed by atoms with Gasteiger partial charge in [-0.2, -0.15) is 0 Å². The zero-order chi connectivity index (χ0) is 17.8. The highest BCUT2D eigenvalue weighted by Gasteiger charge is 2.26. The number of amides is 1. The maximum Gasteiger partial charge on any atom is 0.408 e. The molecule has 0 aliphatic rings. The van der Waals surface area contributed by atoms with Crippen LogP contribution in [0.1, 0.15) is 32.4 Å². The zero-order valence-corrected chi connectivity index (χ0v) is 14.4. The zero-order valence-electron chi connectivity index (χ0n) is 13.5. The average Bonchev–Trinajstić information content (AvgIpc) is 2.41. The number of nitrogens with one attached hydrogen (secondary N) is 1. The molecule has 0 aliphatic heterocycles. The van der Waals surface area contributed by atoms with Gasteiger partial charge in [0.1, 0.15) is 18.4 Å². The van der Waals surface area contributed by atoms with Crippen LogP contribution in [0.2, 0.25) is 0 Å². The van der Waals surface area contributed by atoms with Gasteiger partial charge in [-0.3, -0.25) is 0 Å². The van der Waals surface area contributed by atoms with E-state index < -0.39 is 40.4 Å². The minimum Gasteiger partial charge on any atom is -0.444 e. The molecule has 1 rings (SSSR count). The van der Waals surface area contributed by atoms with Gasteiger partial charge in [0.2, 0.25) is 0 Å². The summed E-state index contributed by atoms with van der Waals surface area (Å²) < 4.78 is 40.9. The SMILES string of the molecule is CC(C)(C)OC(=O)NC(CF)C(O)c1ccc(S(C)(=O)=O)cc1. The summed E-state index contributed by atoms with van der Waals surface area (Å²) >= 11 is 0. The topological polar surface area (TPSA) is 92.7 Å². The smallest absolute Gasteiger partial charge is 0.408 e. The number of alkyl halides is 1. The van der Waals surface area contributed by atoms with E-state index in [1.807, 2.05) is 0 Å². The van der Waals surface area contributed by atoms with Crippen LogP contribution in [0.3, 0.4) is 0 Å². The first-order chi connectivity index (χ1) is 10.4. The summed E-state index contributed by atoms with van der Waals surface area (Å²) in [6.45, 7) is 3.99. The van der Waals surface area contributed by atoms with Crippen molar-refractivity contribution in [1.29, 1.82) is 0 Å². The molecule has 0 aromatic heterocycles. The third kappa shape index (κ3) is 6.15. The number of aliphatic hydroxyl groups is 1. The van der Waals surface area contributed by atoms with Crippen LogP contribution in [-0.2, 0) is 14.6 Å². The van der Waals surface area contributed by atoms with Crippen LogP contribution in [0, 0.1) is 0 Å². The van der Waals surface area contributed by atoms with E-state index in [2.05, 4.69) is 5.32 Å². The van der Waals surface area contributed by atoms with Crippen molar-refractivity contribution in [3.63, 3.8) is 0 Å². The number of carbonyl (C=O) groups is 1. The maximum atomic E-state index is 13.1. The van der Waals surface area contributed by atoms with Gasteiger partial charge in [0, 0.05) is 6.26 Å². The van der Waals surface area contributed by atoms with Crippen LogP contribution in [-0.4, -0.2) is 44.2 Å². The van der Waals surface area contributed by atoms with E-state index in [1.54, 1.807) is 20.8 Å². The Hall–Kier alpha value is -1.67. The lowest BCUT2D eigenvalue weighted by atomic mass is 10.0. The molecule has 2 N–H and O–H groups in total. The van der Waals surface area contributed by atoms with Crippen LogP contribution in [0.15, 0.2) is 29.2 Å². The van der Waals surface area contributed by atoms with Crippen LogP contribution < -0.4 is 5.32 Å².